The van der Waals surface area contributed by atoms with Gasteiger partial charge in [-0.05, 0) is 52.2 Å². The highest BCUT2D eigenvalue weighted by Crippen LogP contribution is 2.26. The minimum absolute atomic E-state index is 0.291. The van der Waals surface area contributed by atoms with E-state index in [2.05, 4.69) is 54.9 Å². The Kier molecular flexibility index (Phi) is 7.39. The zero-order valence-corrected chi connectivity index (χ0v) is 14.8. The molecule has 0 fully saturated rings. The van der Waals surface area contributed by atoms with Gasteiger partial charge in [0.25, 0.3) is 0 Å². The molecule has 0 saturated heterocycles. The Morgan fingerprint density at radius 2 is 1.95 bits per heavy atom. The summed E-state index contributed by atoms with van der Waals surface area (Å²) in [5.74, 6) is 1.42. The predicted octanol–water partition coefficient (Wildman–Crippen LogP) is 3.81. The molecule has 0 bridgehead atoms. The van der Waals surface area contributed by atoms with Crippen LogP contribution in [0.2, 0.25) is 0 Å². The third kappa shape index (κ3) is 5.47. The molecule has 0 atom stereocenters. The molecule has 1 aliphatic heterocycles. The van der Waals surface area contributed by atoms with E-state index in [4.69, 9.17) is 9.90 Å². The summed E-state index contributed by atoms with van der Waals surface area (Å²) in [5, 5.41) is 8.78. The minimum Gasteiger partial charge on any atom is -0.508 e. The van der Waals surface area contributed by atoms with Crippen LogP contribution in [0.5, 0.6) is 5.75 Å². The number of aromatic nitrogens is 1. The van der Waals surface area contributed by atoms with Gasteiger partial charge < -0.3 is 14.8 Å². The van der Waals surface area contributed by atoms with Crippen molar-refractivity contribution in [1.29, 1.82) is 0 Å². The number of hydrogen-bond donors (Lipinski definition) is 1. The Hall–Kier alpha value is -1.40. The standard InChI is InChI=1S/C8H9BrN2.C6H5BrO.CH2O/c1-11-3-2-6-4-7(9)5-10-8(6)11;7-5-2-1-3-6(8)4-5;1-2/h4-5H,2-3H2,1H3;1-4,8H;1H2. The van der Waals surface area contributed by atoms with E-state index in [0.29, 0.717) is 5.75 Å². The number of nitrogens with zero attached hydrogens (tertiary/aromatic N) is 2. The first-order chi connectivity index (χ1) is 10.1. The minimum atomic E-state index is 0.291. The van der Waals surface area contributed by atoms with Gasteiger partial charge in [-0.25, -0.2) is 4.98 Å². The van der Waals surface area contributed by atoms with E-state index < -0.39 is 0 Å². The molecule has 2 heterocycles. The van der Waals surface area contributed by atoms with E-state index in [1.54, 1.807) is 18.2 Å². The van der Waals surface area contributed by atoms with Gasteiger partial charge in [-0.15, -0.1) is 0 Å². The smallest absolute Gasteiger partial charge is 0.131 e. The zero-order valence-electron chi connectivity index (χ0n) is 11.6. The van der Waals surface area contributed by atoms with Crippen LogP contribution in [0.15, 0.2) is 45.5 Å². The van der Waals surface area contributed by atoms with Gasteiger partial charge in [-0.3, -0.25) is 0 Å². The van der Waals surface area contributed by atoms with Crippen LogP contribution in [0.25, 0.3) is 0 Å². The fraction of sp³-hybridized carbons (Fsp3) is 0.200. The Morgan fingerprint density at radius 1 is 1.24 bits per heavy atom. The average molecular weight is 416 g/mol. The van der Waals surface area contributed by atoms with E-state index in [9.17, 15) is 0 Å². The lowest BCUT2D eigenvalue weighted by Crippen LogP contribution is -2.13. The van der Waals surface area contributed by atoms with E-state index in [0.717, 1.165) is 27.7 Å². The fourth-order valence-electron chi connectivity index (χ4n) is 1.87. The normalized spacial score (nSPS) is 11.7. The molecular formula is C15H16Br2N2O2. The number of hydrogen-bond acceptors (Lipinski definition) is 4. The number of anilines is 1. The number of likely N-dealkylation sites (N-methyl/N-ethyl adjacent to an activating group) is 1. The fourth-order valence-corrected chi connectivity index (χ4v) is 2.64. The van der Waals surface area contributed by atoms with Crippen LogP contribution in [-0.4, -0.2) is 30.5 Å². The molecule has 3 rings (SSSR count). The molecule has 0 aliphatic carbocycles. The summed E-state index contributed by atoms with van der Waals surface area (Å²) in [7, 11) is 2.08. The third-order valence-electron chi connectivity index (χ3n) is 2.80. The average Bonchev–Trinajstić information content (AvgIpc) is 2.82. The van der Waals surface area contributed by atoms with Gasteiger partial charge in [0.15, 0.2) is 0 Å². The first-order valence-corrected chi connectivity index (χ1v) is 7.74. The summed E-state index contributed by atoms with van der Waals surface area (Å²) >= 11 is 6.61. The van der Waals surface area contributed by atoms with Gasteiger partial charge in [0.1, 0.15) is 18.4 Å². The molecule has 21 heavy (non-hydrogen) atoms. The van der Waals surface area contributed by atoms with Crippen molar-refractivity contribution in [2.45, 2.75) is 6.42 Å². The highest BCUT2D eigenvalue weighted by atomic mass is 79.9. The second kappa shape index (κ2) is 8.79. The van der Waals surface area contributed by atoms with Gasteiger partial charge in [-0.1, -0.05) is 22.0 Å². The van der Waals surface area contributed by atoms with Crippen LogP contribution in [-0.2, 0) is 11.2 Å². The Morgan fingerprint density at radius 3 is 2.52 bits per heavy atom. The third-order valence-corrected chi connectivity index (χ3v) is 3.72. The zero-order chi connectivity index (χ0) is 15.8. The Bertz CT molecular complexity index is 576. The molecule has 6 heteroatoms. The quantitative estimate of drug-likeness (QED) is 0.710. The lowest BCUT2D eigenvalue weighted by atomic mass is 10.2. The van der Waals surface area contributed by atoms with Gasteiger partial charge >= 0.3 is 0 Å². The van der Waals surface area contributed by atoms with Crippen molar-refractivity contribution in [2.75, 3.05) is 18.5 Å². The molecule has 1 aromatic heterocycles. The largest absolute Gasteiger partial charge is 0.508 e. The van der Waals surface area contributed by atoms with Gasteiger partial charge in [-0.2, -0.15) is 0 Å². The molecule has 1 aromatic carbocycles. The second-order valence-electron chi connectivity index (χ2n) is 4.29. The van der Waals surface area contributed by atoms with Crippen LogP contribution in [0.1, 0.15) is 5.56 Å². The monoisotopic (exact) mass is 414 g/mol. The summed E-state index contributed by atoms with van der Waals surface area (Å²) in [6, 6.07) is 9.05. The van der Waals surface area contributed by atoms with Crippen LogP contribution in [0.3, 0.4) is 0 Å². The van der Waals surface area contributed by atoms with Crippen LogP contribution in [0, 0.1) is 0 Å². The highest BCUT2D eigenvalue weighted by Gasteiger charge is 2.16. The van der Waals surface area contributed by atoms with Gasteiger partial charge in [0.05, 0.1) is 0 Å². The van der Waals surface area contributed by atoms with Crippen molar-refractivity contribution in [3.63, 3.8) is 0 Å². The van der Waals surface area contributed by atoms with E-state index >= 15 is 0 Å². The highest BCUT2D eigenvalue weighted by molar-refractivity contribution is 9.10. The molecule has 0 spiro atoms. The van der Waals surface area contributed by atoms with Gasteiger partial charge in [0, 0.05) is 28.7 Å². The number of phenols is 1. The molecule has 0 radical (unpaired) electrons. The first kappa shape index (κ1) is 17.7. The number of phenolic OH excluding ortho intramolecular Hbond substituents is 1. The number of carbonyl (C=O) groups excluding carboxylic acids is 1. The van der Waals surface area contributed by atoms with Crippen molar-refractivity contribution in [1.82, 2.24) is 4.98 Å². The molecule has 0 unspecified atom stereocenters. The van der Waals surface area contributed by atoms with Crippen LogP contribution in [0.4, 0.5) is 5.82 Å². The number of rotatable bonds is 0. The summed E-state index contributed by atoms with van der Waals surface area (Å²) in [6.45, 7) is 3.10. The van der Waals surface area contributed by atoms with Crippen LogP contribution < -0.4 is 4.90 Å². The van der Waals surface area contributed by atoms with Crippen molar-refractivity contribution in [3.8, 4) is 5.75 Å². The lowest BCUT2D eigenvalue weighted by Gasteiger charge is -2.09. The van der Waals surface area contributed by atoms with E-state index in [-0.39, 0.29) is 0 Å². The first-order valence-electron chi connectivity index (χ1n) is 6.15. The van der Waals surface area contributed by atoms with Crippen LogP contribution >= 0.6 is 31.9 Å². The molecule has 2 aromatic rings. The molecule has 1 N–H and O–H groups in total. The van der Waals surface area contributed by atoms with E-state index in [1.807, 2.05) is 19.1 Å². The maximum Gasteiger partial charge on any atom is 0.131 e. The van der Waals surface area contributed by atoms with Crippen molar-refractivity contribution >= 4 is 44.5 Å². The molecule has 0 amide bonds. The predicted molar refractivity (Wildman–Crippen MR) is 91.8 cm³/mol. The van der Waals surface area contributed by atoms with Crippen molar-refractivity contribution < 1.29 is 9.90 Å². The topological polar surface area (TPSA) is 53.4 Å². The summed E-state index contributed by atoms with van der Waals surface area (Å²) in [6.07, 6.45) is 2.97. The van der Waals surface area contributed by atoms with Gasteiger partial charge in [0.2, 0.25) is 0 Å². The molecule has 0 saturated carbocycles. The lowest BCUT2D eigenvalue weighted by molar-refractivity contribution is -0.0979. The Balaban J connectivity index is 0.000000196. The maximum absolute atomic E-state index is 8.78. The number of carbonyl (C=O) groups is 1. The Labute approximate surface area is 141 Å². The molecule has 4 nitrogen and oxygen atoms in total. The van der Waals surface area contributed by atoms with E-state index in [1.165, 1.54) is 5.56 Å². The number of halogens is 2. The second-order valence-corrected chi connectivity index (χ2v) is 6.12. The molecule has 1 aliphatic rings. The molecular weight excluding hydrogens is 400 g/mol. The SMILES string of the molecule is C=O.CN1CCc2cc(Br)cnc21.Oc1cccc(Br)c1. The number of fused-ring (bicyclic) bond motifs is 1. The maximum atomic E-state index is 8.78. The summed E-state index contributed by atoms with van der Waals surface area (Å²) in [4.78, 5) is 14.5. The van der Waals surface area contributed by atoms with Crippen molar-refractivity contribution in [2.24, 2.45) is 0 Å². The number of aromatic hydroxyl groups is 1. The molecule has 112 valence electrons. The number of benzene rings is 1. The number of pyridine rings is 1. The summed E-state index contributed by atoms with van der Waals surface area (Å²) in [5.41, 5.74) is 1.35. The van der Waals surface area contributed by atoms with Crippen molar-refractivity contribution in [3.05, 3.63) is 51.0 Å². The summed E-state index contributed by atoms with van der Waals surface area (Å²) < 4.78 is 1.98.